The third-order valence-corrected chi connectivity index (χ3v) is 7.51. The van der Waals surface area contributed by atoms with Gasteiger partial charge in [0.25, 0.3) is 11.5 Å². The Balaban J connectivity index is 1.40. The van der Waals surface area contributed by atoms with Gasteiger partial charge in [-0.2, -0.15) is 0 Å². The first-order valence-electron chi connectivity index (χ1n) is 11.0. The molecule has 1 aromatic heterocycles. The van der Waals surface area contributed by atoms with Gasteiger partial charge < -0.3 is 18.9 Å². The van der Waals surface area contributed by atoms with Gasteiger partial charge in [0.1, 0.15) is 16.9 Å². The summed E-state index contributed by atoms with van der Waals surface area (Å²) in [5.41, 5.74) is 1.49. The van der Waals surface area contributed by atoms with Crippen molar-refractivity contribution in [1.82, 2.24) is 9.47 Å². The summed E-state index contributed by atoms with van der Waals surface area (Å²) in [7, 11) is 1.70. The Morgan fingerprint density at radius 2 is 1.97 bits per heavy atom. The third-order valence-electron chi connectivity index (χ3n) is 7.27. The molecule has 4 heterocycles. The van der Waals surface area contributed by atoms with E-state index in [1.807, 2.05) is 31.2 Å². The Morgan fingerprint density at radius 3 is 2.74 bits per heavy atom. The van der Waals surface area contributed by atoms with Gasteiger partial charge in [0.15, 0.2) is 0 Å². The lowest BCUT2D eigenvalue weighted by Crippen LogP contribution is -2.58. The lowest BCUT2D eigenvalue weighted by molar-refractivity contribution is -0.147. The van der Waals surface area contributed by atoms with Crippen molar-refractivity contribution in [2.45, 2.75) is 44.3 Å². The van der Waals surface area contributed by atoms with E-state index in [2.05, 4.69) is 0 Å². The maximum Gasteiger partial charge on any atom is 0.263 e. The normalized spacial score (nSPS) is 24.3. The smallest absolute Gasteiger partial charge is 0.263 e. The lowest BCUT2D eigenvalue weighted by atomic mass is 9.70. The van der Waals surface area contributed by atoms with Gasteiger partial charge in [-0.15, -0.1) is 0 Å². The molecule has 0 aliphatic carbocycles. The summed E-state index contributed by atoms with van der Waals surface area (Å²) in [6, 6.07) is 9.20. The zero-order chi connectivity index (χ0) is 21.8. The molecule has 2 aromatic rings. The van der Waals surface area contributed by atoms with E-state index in [0.717, 1.165) is 49.3 Å². The summed E-state index contributed by atoms with van der Waals surface area (Å²) in [5.74, 6) is 0.867. The van der Waals surface area contributed by atoms with E-state index in [1.165, 1.54) is 4.57 Å². The first-order chi connectivity index (χ1) is 14.9. The number of nitrogens with zero attached hydrogens (tertiary/aromatic N) is 2. The molecule has 5 rings (SSSR count). The molecule has 1 amide bonds. The van der Waals surface area contributed by atoms with Crippen LogP contribution < -0.4 is 10.3 Å². The number of aryl methyl sites for hydroxylation is 1. The average molecular weight is 443 g/mol. The maximum atomic E-state index is 13.1. The van der Waals surface area contributed by atoms with Gasteiger partial charge in [0, 0.05) is 61.8 Å². The fourth-order valence-corrected chi connectivity index (χ4v) is 5.56. The molecule has 6 nitrogen and oxygen atoms in total. The molecule has 1 spiro atoms. The zero-order valence-corrected chi connectivity index (χ0v) is 18.7. The van der Waals surface area contributed by atoms with Crippen LogP contribution in [0.2, 0.25) is 5.02 Å². The molecule has 2 saturated heterocycles. The van der Waals surface area contributed by atoms with Crippen LogP contribution in [0.5, 0.6) is 5.75 Å². The van der Waals surface area contributed by atoms with Gasteiger partial charge in [-0.3, -0.25) is 9.59 Å². The number of ether oxygens (including phenoxy) is 2. The Bertz CT molecular complexity index is 1090. The SMILES string of the molecule is Cc1ccc(C(=O)N2CCC3(CC2)Oc2ccc(Cl)cc2[C@H]2OCCC[C@@H]23)c(=O)n1C. The standard InChI is InChI=1S/C24H27ClN2O4/c1-15-5-7-17(22(28)26(15)2)23(29)27-11-9-24(10-12-27)19-4-3-13-30-21(19)18-14-16(25)6-8-20(18)31-24/h5-8,14,19,21H,3-4,9-13H2,1-2H3/t19-,21+/m0/s1. The number of pyridine rings is 1. The van der Waals surface area contributed by atoms with Gasteiger partial charge >= 0.3 is 0 Å². The Kier molecular flexibility index (Phi) is 5.10. The van der Waals surface area contributed by atoms with E-state index >= 15 is 0 Å². The van der Waals surface area contributed by atoms with Crippen molar-refractivity contribution in [3.8, 4) is 5.75 Å². The van der Waals surface area contributed by atoms with Crippen molar-refractivity contribution < 1.29 is 14.3 Å². The third kappa shape index (κ3) is 3.37. The number of piperidine rings is 1. The fraction of sp³-hybridized carbons (Fsp3) is 0.500. The van der Waals surface area contributed by atoms with Crippen LogP contribution in [0.15, 0.2) is 35.1 Å². The maximum absolute atomic E-state index is 13.1. The molecule has 1 aromatic carbocycles. The van der Waals surface area contributed by atoms with Crippen molar-refractivity contribution in [1.29, 1.82) is 0 Å². The van der Waals surface area contributed by atoms with Crippen LogP contribution >= 0.6 is 11.6 Å². The van der Waals surface area contributed by atoms with Crippen LogP contribution in [-0.2, 0) is 11.8 Å². The summed E-state index contributed by atoms with van der Waals surface area (Å²) >= 11 is 6.25. The van der Waals surface area contributed by atoms with Gasteiger partial charge in [0.2, 0.25) is 0 Å². The summed E-state index contributed by atoms with van der Waals surface area (Å²) in [4.78, 5) is 27.5. The molecule has 7 heteroatoms. The molecule has 31 heavy (non-hydrogen) atoms. The molecule has 0 saturated carbocycles. The molecule has 3 aliphatic heterocycles. The minimum atomic E-state index is -0.360. The van der Waals surface area contributed by atoms with Crippen molar-refractivity contribution in [2.24, 2.45) is 13.0 Å². The Hall–Kier alpha value is -2.31. The van der Waals surface area contributed by atoms with E-state index in [4.69, 9.17) is 21.1 Å². The molecule has 2 atom stereocenters. The summed E-state index contributed by atoms with van der Waals surface area (Å²) in [5, 5.41) is 0.686. The quantitative estimate of drug-likeness (QED) is 0.672. The van der Waals surface area contributed by atoms with E-state index < -0.39 is 0 Å². The number of rotatable bonds is 1. The minimum Gasteiger partial charge on any atom is -0.486 e. The number of carbonyl (C=O) groups excluding carboxylic acids is 1. The highest BCUT2D eigenvalue weighted by Gasteiger charge is 2.52. The minimum absolute atomic E-state index is 0.0251. The van der Waals surface area contributed by atoms with Crippen molar-refractivity contribution in [2.75, 3.05) is 19.7 Å². The monoisotopic (exact) mass is 442 g/mol. The molecule has 164 valence electrons. The predicted molar refractivity (Wildman–Crippen MR) is 118 cm³/mol. The molecule has 2 fully saturated rings. The highest BCUT2D eigenvalue weighted by atomic mass is 35.5. The van der Waals surface area contributed by atoms with Crippen molar-refractivity contribution in [3.05, 3.63) is 62.5 Å². The second kappa shape index (κ2) is 7.68. The predicted octanol–water partition coefficient (Wildman–Crippen LogP) is 3.88. The molecule has 0 bridgehead atoms. The van der Waals surface area contributed by atoms with Gasteiger partial charge in [0.05, 0.1) is 6.10 Å². The number of halogens is 1. The summed E-state index contributed by atoms with van der Waals surface area (Å²) < 4.78 is 14.4. The largest absolute Gasteiger partial charge is 0.486 e. The number of hydrogen-bond donors (Lipinski definition) is 0. The second-order valence-electron chi connectivity index (χ2n) is 8.93. The zero-order valence-electron chi connectivity index (χ0n) is 17.9. The summed E-state index contributed by atoms with van der Waals surface area (Å²) in [6.07, 6.45) is 3.45. The second-order valence-corrected chi connectivity index (χ2v) is 9.37. The average Bonchev–Trinajstić information content (AvgIpc) is 2.79. The number of likely N-dealkylation sites (tertiary alicyclic amines) is 1. The van der Waals surface area contributed by atoms with Crippen LogP contribution in [0, 0.1) is 12.8 Å². The Labute approximate surface area is 186 Å². The number of aromatic nitrogens is 1. The van der Waals surface area contributed by atoms with Crippen LogP contribution in [-0.4, -0.2) is 40.7 Å². The molecular formula is C24H27ClN2O4. The molecule has 0 unspecified atom stereocenters. The number of hydrogen-bond acceptors (Lipinski definition) is 4. The fourth-order valence-electron chi connectivity index (χ4n) is 5.38. The van der Waals surface area contributed by atoms with Crippen molar-refractivity contribution >= 4 is 17.5 Å². The highest BCUT2D eigenvalue weighted by Crippen LogP contribution is 2.53. The number of carbonyl (C=O) groups is 1. The number of benzene rings is 1. The van der Waals surface area contributed by atoms with E-state index in [-0.39, 0.29) is 34.7 Å². The van der Waals surface area contributed by atoms with Crippen LogP contribution in [0.4, 0.5) is 0 Å². The molecule has 0 radical (unpaired) electrons. The molecular weight excluding hydrogens is 416 g/mol. The van der Waals surface area contributed by atoms with Crippen molar-refractivity contribution in [3.63, 3.8) is 0 Å². The first-order valence-corrected chi connectivity index (χ1v) is 11.3. The first kappa shape index (κ1) is 20.6. The lowest BCUT2D eigenvalue weighted by Gasteiger charge is -2.53. The topological polar surface area (TPSA) is 60.8 Å². The van der Waals surface area contributed by atoms with Gasteiger partial charge in [-0.05, 0) is 50.1 Å². The van der Waals surface area contributed by atoms with Gasteiger partial charge in [-0.1, -0.05) is 11.6 Å². The number of amides is 1. The highest BCUT2D eigenvalue weighted by molar-refractivity contribution is 6.30. The molecule has 0 N–H and O–H groups in total. The van der Waals surface area contributed by atoms with E-state index in [9.17, 15) is 9.59 Å². The number of fused-ring (bicyclic) bond motifs is 4. The van der Waals surface area contributed by atoms with Crippen LogP contribution in [0.25, 0.3) is 0 Å². The van der Waals surface area contributed by atoms with E-state index in [1.54, 1.807) is 18.0 Å². The van der Waals surface area contributed by atoms with Crippen LogP contribution in [0.1, 0.15) is 53.4 Å². The summed E-state index contributed by atoms with van der Waals surface area (Å²) in [6.45, 7) is 3.71. The van der Waals surface area contributed by atoms with Gasteiger partial charge in [-0.25, -0.2) is 0 Å². The molecule has 3 aliphatic rings. The Morgan fingerprint density at radius 1 is 1.19 bits per heavy atom. The van der Waals surface area contributed by atoms with Crippen LogP contribution in [0.3, 0.4) is 0 Å². The van der Waals surface area contributed by atoms with E-state index in [0.29, 0.717) is 18.1 Å².